The summed E-state index contributed by atoms with van der Waals surface area (Å²) >= 11 is 5.14. The van der Waals surface area contributed by atoms with E-state index in [2.05, 4.69) is 21.9 Å². The van der Waals surface area contributed by atoms with Crippen LogP contribution in [0.3, 0.4) is 0 Å². The van der Waals surface area contributed by atoms with Gasteiger partial charge >= 0.3 is 0 Å². The topological polar surface area (TPSA) is 32.5 Å². The minimum absolute atomic E-state index is 0.509. The van der Waals surface area contributed by atoms with Gasteiger partial charge in [-0.25, -0.2) is 0 Å². The van der Waals surface area contributed by atoms with E-state index in [-0.39, 0.29) is 0 Å². The molecule has 1 atom stereocenters. The molecular weight excluding hydrogens is 254 g/mol. The van der Waals surface area contributed by atoms with Crippen LogP contribution in [0.25, 0.3) is 0 Å². The first kappa shape index (κ1) is 13.0. The van der Waals surface area contributed by atoms with Gasteiger partial charge < -0.3 is 5.73 Å². The Hall–Kier alpha value is -0.970. The van der Waals surface area contributed by atoms with Gasteiger partial charge in [0, 0.05) is 37.8 Å². The standard InChI is InChI=1S/C15H21N3S/c16-15(19)14-6-2-1-4-12(14)10-17-8-9-18-7-3-5-13(18)11-17/h1-2,4,6,13H,3,5,7-11H2,(H2,16,19). The van der Waals surface area contributed by atoms with Gasteiger partial charge in [-0.3, -0.25) is 9.80 Å². The van der Waals surface area contributed by atoms with Crippen molar-refractivity contribution >= 4 is 17.2 Å². The maximum absolute atomic E-state index is 5.81. The van der Waals surface area contributed by atoms with E-state index in [1.54, 1.807) is 0 Å². The molecule has 0 aromatic heterocycles. The average Bonchev–Trinajstić information content (AvgIpc) is 2.86. The summed E-state index contributed by atoms with van der Waals surface area (Å²) in [7, 11) is 0. The lowest BCUT2D eigenvalue weighted by atomic mass is 10.1. The van der Waals surface area contributed by atoms with Gasteiger partial charge in [-0.05, 0) is 24.9 Å². The van der Waals surface area contributed by atoms with Crippen molar-refractivity contribution in [2.24, 2.45) is 5.73 Å². The maximum atomic E-state index is 5.81. The summed E-state index contributed by atoms with van der Waals surface area (Å²) in [6.07, 6.45) is 2.72. The number of thiocarbonyl (C=S) groups is 1. The zero-order chi connectivity index (χ0) is 13.2. The molecule has 0 aliphatic carbocycles. The zero-order valence-corrected chi connectivity index (χ0v) is 12.0. The molecule has 2 saturated heterocycles. The van der Waals surface area contributed by atoms with Crippen LogP contribution in [0.4, 0.5) is 0 Å². The molecule has 0 bridgehead atoms. The molecule has 4 heteroatoms. The smallest absolute Gasteiger partial charge is 0.104 e. The molecule has 3 nitrogen and oxygen atoms in total. The van der Waals surface area contributed by atoms with Crippen LogP contribution in [-0.4, -0.2) is 47.0 Å². The van der Waals surface area contributed by atoms with Gasteiger partial charge in [0.2, 0.25) is 0 Å². The molecule has 0 spiro atoms. The molecule has 1 unspecified atom stereocenters. The summed E-state index contributed by atoms with van der Waals surface area (Å²) in [4.78, 5) is 5.69. The van der Waals surface area contributed by atoms with Crippen LogP contribution in [0.15, 0.2) is 24.3 Å². The fourth-order valence-corrected chi connectivity index (χ4v) is 3.54. The molecule has 2 fully saturated rings. The fourth-order valence-electron chi connectivity index (χ4n) is 3.34. The van der Waals surface area contributed by atoms with Crippen LogP contribution in [0.1, 0.15) is 24.0 Å². The van der Waals surface area contributed by atoms with Crippen molar-refractivity contribution in [3.63, 3.8) is 0 Å². The first-order valence-electron chi connectivity index (χ1n) is 7.08. The Morgan fingerprint density at radius 3 is 2.95 bits per heavy atom. The summed E-state index contributed by atoms with van der Waals surface area (Å²) in [5.74, 6) is 0. The first-order chi connectivity index (χ1) is 9.24. The summed E-state index contributed by atoms with van der Waals surface area (Å²) in [6, 6.07) is 9.03. The number of benzene rings is 1. The Balaban J connectivity index is 1.70. The van der Waals surface area contributed by atoms with Crippen LogP contribution in [0, 0.1) is 0 Å². The number of piperazine rings is 1. The minimum atomic E-state index is 0.509. The summed E-state index contributed by atoms with van der Waals surface area (Å²) in [5.41, 5.74) is 8.11. The SMILES string of the molecule is NC(=S)c1ccccc1CN1CCN2CCCC2C1. The van der Waals surface area contributed by atoms with Crippen molar-refractivity contribution in [3.05, 3.63) is 35.4 Å². The van der Waals surface area contributed by atoms with Gasteiger partial charge in [0.05, 0.1) is 0 Å². The lowest BCUT2D eigenvalue weighted by Crippen LogP contribution is -2.49. The van der Waals surface area contributed by atoms with Gasteiger partial charge in [-0.2, -0.15) is 0 Å². The molecule has 1 aromatic carbocycles. The van der Waals surface area contributed by atoms with Crippen LogP contribution < -0.4 is 5.73 Å². The number of rotatable bonds is 3. The number of hydrogen-bond acceptors (Lipinski definition) is 3. The second-order valence-corrected chi connectivity index (χ2v) is 6.03. The molecule has 0 amide bonds. The number of fused-ring (bicyclic) bond motifs is 1. The second kappa shape index (κ2) is 5.57. The summed E-state index contributed by atoms with van der Waals surface area (Å²) in [5, 5.41) is 0. The number of nitrogens with zero attached hydrogens (tertiary/aromatic N) is 2. The third kappa shape index (κ3) is 2.81. The summed E-state index contributed by atoms with van der Waals surface area (Å²) < 4.78 is 0. The number of hydrogen-bond donors (Lipinski definition) is 1. The van der Waals surface area contributed by atoms with E-state index in [1.165, 1.54) is 38.0 Å². The molecule has 0 saturated carbocycles. The van der Waals surface area contributed by atoms with E-state index in [0.29, 0.717) is 4.99 Å². The van der Waals surface area contributed by atoms with Crippen LogP contribution in [0.5, 0.6) is 0 Å². The lowest BCUT2D eigenvalue weighted by Gasteiger charge is -2.37. The van der Waals surface area contributed by atoms with E-state index < -0.39 is 0 Å². The molecule has 19 heavy (non-hydrogen) atoms. The third-order valence-corrected chi connectivity index (χ3v) is 4.57. The van der Waals surface area contributed by atoms with Gasteiger partial charge in [0.1, 0.15) is 4.99 Å². The largest absolute Gasteiger partial charge is 0.389 e. The summed E-state index contributed by atoms with van der Waals surface area (Å²) in [6.45, 7) is 5.81. The second-order valence-electron chi connectivity index (χ2n) is 5.59. The highest BCUT2D eigenvalue weighted by Gasteiger charge is 2.30. The van der Waals surface area contributed by atoms with Crippen molar-refractivity contribution in [2.45, 2.75) is 25.4 Å². The Bertz CT molecular complexity index is 474. The Kier molecular flexibility index (Phi) is 3.82. The van der Waals surface area contributed by atoms with E-state index in [9.17, 15) is 0 Å². The highest BCUT2D eigenvalue weighted by atomic mass is 32.1. The monoisotopic (exact) mass is 275 g/mol. The van der Waals surface area contributed by atoms with Crippen LogP contribution in [-0.2, 0) is 6.54 Å². The predicted molar refractivity (Wildman–Crippen MR) is 82.2 cm³/mol. The minimum Gasteiger partial charge on any atom is -0.389 e. The zero-order valence-electron chi connectivity index (χ0n) is 11.2. The lowest BCUT2D eigenvalue weighted by molar-refractivity contribution is 0.0993. The predicted octanol–water partition coefficient (Wildman–Crippen LogP) is 1.60. The quantitative estimate of drug-likeness (QED) is 0.849. The first-order valence-corrected chi connectivity index (χ1v) is 7.49. The third-order valence-electron chi connectivity index (χ3n) is 4.35. The molecule has 1 aromatic rings. The Morgan fingerprint density at radius 2 is 2.11 bits per heavy atom. The fraction of sp³-hybridized carbons (Fsp3) is 0.533. The molecule has 0 radical (unpaired) electrons. The highest BCUT2D eigenvalue weighted by Crippen LogP contribution is 2.23. The molecule has 2 aliphatic heterocycles. The average molecular weight is 275 g/mol. The molecular formula is C15H21N3S. The Morgan fingerprint density at radius 1 is 1.26 bits per heavy atom. The van der Waals surface area contributed by atoms with Crippen molar-refractivity contribution in [3.8, 4) is 0 Å². The molecule has 2 N–H and O–H groups in total. The van der Waals surface area contributed by atoms with E-state index in [0.717, 1.165) is 24.7 Å². The Labute approximate surface area is 120 Å². The van der Waals surface area contributed by atoms with Crippen molar-refractivity contribution in [1.82, 2.24) is 9.80 Å². The molecule has 3 rings (SSSR count). The van der Waals surface area contributed by atoms with Crippen molar-refractivity contribution < 1.29 is 0 Å². The number of nitrogens with two attached hydrogens (primary N) is 1. The van der Waals surface area contributed by atoms with E-state index in [1.807, 2.05) is 12.1 Å². The highest BCUT2D eigenvalue weighted by molar-refractivity contribution is 7.80. The van der Waals surface area contributed by atoms with Crippen molar-refractivity contribution in [1.29, 1.82) is 0 Å². The van der Waals surface area contributed by atoms with Gasteiger partial charge in [0.25, 0.3) is 0 Å². The molecule has 102 valence electrons. The maximum Gasteiger partial charge on any atom is 0.104 e. The molecule has 2 heterocycles. The van der Waals surface area contributed by atoms with Crippen molar-refractivity contribution in [2.75, 3.05) is 26.2 Å². The van der Waals surface area contributed by atoms with Crippen LogP contribution >= 0.6 is 12.2 Å². The van der Waals surface area contributed by atoms with Gasteiger partial charge in [-0.1, -0.05) is 36.5 Å². The van der Waals surface area contributed by atoms with E-state index >= 15 is 0 Å². The van der Waals surface area contributed by atoms with Crippen LogP contribution in [0.2, 0.25) is 0 Å². The molecule has 2 aliphatic rings. The van der Waals surface area contributed by atoms with Gasteiger partial charge in [-0.15, -0.1) is 0 Å². The normalized spacial score (nSPS) is 24.3. The van der Waals surface area contributed by atoms with Gasteiger partial charge in [0.15, 0.2) is 0 Å². The van der Waals surface area contributed by atoms with E-state index in [4.69, 9.17) is 18.0 Å².